The maximum atomic E-state index is 13.3. The number of carbonyl (C=O) groups excluding carboxylic acids is 2. The first-order valence-electron chi connectivity index (χ1n) is 13.4. The topological polar surface area (TPSA) is 55.8 Å². The summed E-state index contributed by atoms with van der Waals surface area (Å²) in [7, 11) is 0. The first-order valence-corrected chi connectivity index (χ1v) is 13.4. The Morgan fingerprint density at radius 3 is 2.22 bits per heavy atom. The van der Waals surface area contributed by atoms with Gasteiger partial charge >= 0.3 is 6.09 Å². The zero-order chi connectivity index (χ0) is 24.9. The number of amides is 1. The van der Waals surface area contributed by atoms with E-state index < -0.39 is 0 Å². The van der Waals surface area contributed by atoms with Crippen LogP contribution in [0.4, 0.5) is 4.79 Å². The molecule has 1 amide bonds. The first-order chi connectivity index (χ1) is 17.7. The molecule has 2 aromatic carbocycles. The van der Waals surface area contributed by atoms with Gasteiger partial charge in [0, 0.05) is 18.3 Å². The van der Waals surface area contributed by atoms with Crippen LogP contribution >= 0.6 is 0 Å². The molecule has 5 rings (SSSR count). The van der Waals surface area contributed by atoms with Crippen molar-refractivity contribution in [1.29, 1.82) is 0 Å². The Bertz CT molecular complexity index is 1100. The standard InChI is InChI=1S/C31H35NO4/c1-2-3-4-5-6-7-16-30(33)22-17-23-19-35-20-24(18-22)32(23)31(34)36-21-29-27-14-10-8-12-25(27)26-13-9-11-15-28(26)29/h8-15,22-24,29H,2-5,16-21H2,1H3. The molecule has 2 aliphatic heterocycles. The largest absolute Gasteiger partial charge is 0.448 e. The molecule has 5 nitrogen and oxygen atoms in total. The molecule has 0 spiro atoms. The molecule has 2 heterocycles. The smallest absolute Gasteiger partial charge is 0.410 e. The van der Waals surface area contributed by atoms with Crippen molar-refractivity contribution < 1.29 is 19.1 Å². The molecule has 188 valence electrons. The lowest BCUT2D eigenvalue weighted by Crippen LogP contribution is -2.60. The molecular weight excluding hydrogens is 450 g/mol. The molecule has 0 N–H and O–H groups in total. The Labute approximate surface area is 214 Å². The number of Topliss-reactive ketones (excluding diaryl/α,β-unsaturated/α-hetero) is 1. The van der Waals surface area contributed by atoms with E-state index in [0.29, 0.717) is 39.1 Å². The van der Waals surface area contributed by atoms with E-state index in [4.69, 9.17) is 9.47 Å². The summed E-state index contributed by atoms with van der Waals surface area (Å²) >= 11 is 0. The lowest BCUT2D eigenvalue weighted by Gasteiger charge is -2.47. The third-order valence-electron chi connectivity index (χ3n) is 7.82. The Morgan fingerprint density at radius 2 is 1.58 bits per heavy atom. The number of rotatable bonds is 7. The van der Waals surface area contributed by atoms with Crippen molar-refractivity contribution in [2.45, 2.75) is 69.9 Å². The van der Waals surface area contributed by atoms with Crippen LogP contribution in [-0.4, -0.2) is 48.7 Å². The summed E-state index contributed by atoms with van der Waals surface area (Å²) in [5.74, 6) is 6.39. The van der Waals surface area contributed by atoms with Gasteiger partial charge in [0.15, 0.2) is 0 Å². The van der Waals surface area contributed by atoms with Gasteiger partial charge in [-0.2, -0.15) is 0 Å². The minimum atomic E-state index is -0.295. The maximum Gasteiger partial charge on any atom is 0.410 e. The van der Waals surface area contributed by atoms with Gasteiger partial charge in [-0.1, -0.05) is 74.2 Å². The molecule has 1 aliphatic carbocycles. The highest BCUT2D eigenvalue weighted by Gasteiger charge is 2.44. The molecule has 2 aromatic rings. The van der Waals surface area contributed by atoms with E-state index in [1.807, 2.05) is 17.0 Å². The van der Waals surface area contributed by atoms with E-state index in [2.05, 4.69) is 55.2 Å². The summed E-state index contributed by atoms with van der Waals surface area (Å²) in [4.78, 5) is 28.0. The zero-order valence-electron chi connectivity index (χ0n) is 21.1. The van der Waals surface area contributed by atoms with Gasteiger partial charge in [-0.05, 0) is 41.5 Å². The second-order valence-electron chi connectivity index (χ2n) is 10.2. The fourth-order valence-electron chi connectivity index (χ4n) is 5.99. The quantitative estimate of drug-likeness (QED) is 0.359. The van der Waals surface area contributed by atoms with Crippen molar-refractivity contribution in [2.24, 2.45) is 5.92 Å². The van der Waals surface area contributed by atoms with Crippen molar-refractivity contribution in [2.75, 3.05) is 19.8 Å². The summed E-state index contributed by atoms with van der Waals surface area (Å²) in [6, 6.07) is 16.4. The molecule has 5 heteroatoms. The van der Waals surface area contributed by atoms with Gasteiger partial charge in [-0.15, -0.1) is 5.92 Å². The first kappa shape index (κ1) is 24.6. The molecule has 3 aliphatic rings. The Balaban J connectivity index is 1.20. The number of fused-ring (bicyclic) bond motifs is 5. The maximum absolute atomic E-state index is 13.3. The van der Waals surface area contributed by atoms with Crippen LogP contribution < -0.4 is 0 Å². The normalized spacial score (nSPS) is 22.2. The highest BCUT2D eigenvalue weighted by atomic mass is 16.6. The number of benzene rings is 2. The second-order valence-corrected chi connectivity index (χ2v) is 10.2. The van der Waals surface area contributed by atoms with Crippen molar-refractivity contribution in [3.63, 3.8) is 0 Å². The van der Waals surface area contributed by atoms with Crippen LogP contribution in [0.5, 0.6) is 0 Å². The summed E-state index contributed by atoms with van der Waals surface area (Å²) in [5, 5.41) is 0. The Hall–Kier alpha value is -3.10. The predicted molar refractivity (Wildman–Crippen MR) is 140 cm³/mol. The van der Waals surface area contributed by atoms with Gasteiger partial charge in [-0.3, -0.25) is 9.69 Å². The monoisotopic (exact) mass is 485 g/mol. The second kappa shape index (κ2) is 11.3. The number of morpholine rings is 1. The third kappa shape index (κ3) is 5.06. The van der Waals surface area contributed by atoms with E-state index >= 15 is 0 Å². The lowest BCUT2D eigenvalue weighted by atomic mass is 9.82. The van der Waals surface area contributed by atoms with Gasteiger partial charge in [0.2, 0.25) is 0 Å². The molecular formula is C31H35NO4. The van der Waals surface area contributed by atoms with Gasteiger partial charge in [0.1, 0.15) is 12.4 Å². The van der Waals surface area contributed by atoms with E-state index in [-0.39, 0.29) is 35.8 Å². The minimum absolute atomic E-state index is 0.0347. The fraction of sp³-hybridized carbons (Fsp3) is 0.484. The van der Waals surface area contributed by atoms with Crippen LogP contribution in [-0.2, 0) is 14.3 Å². The lowest BCUT2D eigenvalue weighted by molar-refractivity contribution is -0.130. The summed E-state index contributed by atoms with van der Waals surface area (Å²) in [6.07, 6.45) is 5.57. The summed E-state index contributed by atoms with van der Waals surface area (Å²) in [6.45, 7) is 3.38. The number of carbonyl (C=O) groups is 2. The molecule has 0 aromatic heterocycles. The van der Waals surface area contributed by atoms with Crippen molar-refractivity contribution in [3.05, 3.63) is 59.7 Å². The molecule has 2 saturated heterocycles. The van der Waals surface area contributed by atoms with Gasteiger partial charge in [0.05, 0.1) is 31.7 Å². The van der Waals surface area contributed by atoms with E-state index in [1.165, 1.54) is 35.1 Å². The number of piperidine rings is 1. The molecule has 0 radical (unpaired) electrons. The van der Waals surface area contributed by atoms with Gasteiger partial charge in [-0.25, -0.2) is 4.79 Å². The number of hydrogen-bond donors (Lipinski definition) is 0. The SMILES string of the molecule is CCCCCC#CCC(=O)C1CC2COCC(C1)N2C(=O)OCC1c2ccccc2-c2ccccc21. The molecule has 36 heavy (non-hydrogen) atoms. The highest BCUT2D eigenvalue weighted by molar-refractivity contribution is 5.84. The van der Waals surface area contributed by atoms with Crippen molar-refractivity contribution >= 4 is 11.9 Å². The summed E-state index contributed by atoms with van der Waals surface area (Å²) < 4.78 is 11.7. The number of ketones is 1. The van der Waals surface area contributed by atoms with E-state index in [1.54, 1.807) is 0 Å². The third-order valence-corrected chi connectivity index (χ3v) is 7.82. The van der Waals surface area contributed by atoms with Crippen molar-refractivity contribution in [1.82, 2.24) is 4.90 Å². The minimum Gasteiger partial charge on any atom is -0.448 e. The predicted octanol–water partition coefficient (Wildman–Crippen LogP) is 5.96. The zero-order valence-corrected chi connectivity index (χ0v) is 21.1. The molecule has 2 unspecified atom stereocenters. The van der Waals surface area contributed by atoms with E-state index in [9.17, 15) is 9.59 Å². The number of ether oxygens (including phenoxy) is 2. The Morgan fingerprint density at radius 1 is 0.944 bits per heavy atom. The van der Waals surface area contributed by atoms with E-state index in [0.717, 1.165) is 12.8 Å². The highest BCUT2D eigenvalue weighted by Crippen LogP contribution is 2.44. The molecule has 2 bridgehead atoms. The van der Waals surface area contributed by atoms with Crippen LogP contribution in [0.2, 0.25) is 0 Å². The van der Waals surface area contributed by atoms with Crippen LogP contribution in [0.1, 0.15) is 68.9 Å². The molecule has 2 fully saturated rings. The summed E-state index contributed by atoms with van der Waals surface area (Å²) in [5.41, 5.74) is 4.84. The Kier molecular flexibility index (Phi) is 7.72. The van der Waals surface area contributed by atoms with Crippen LogP contribution in [0.25, 0.3) is 11.1 Å². The van der Waals surface area contributed by atoms with Crippen LogP contribution in [0.3, 0.4) is 0 Å². The van der Waals surface area contributed by atoms with Crippen LogP contribution in [0.15, 0.2) is 48.5 Å². The molecule has 2 atom stereocenters. The number of hydrogen-bond acceptors (Lipinski definition) is 4. The molecule has 0 saturated carbocycles. The fourth-order valence-corrected chi connectivity index (χ4v) is 5.99. The van der Waals surface area contributed by atoms with Gasteiger partial charge < -0.3 is 9.47 Å². The van der Waals surface area contributed by atoms with Crippen LogP contribution in [0, 0.1) is 17.8 Å². The average molecular weight is 486 g/mol. The number of nitrogens with zero attached hydrogens (tertiary/aromatic N) is 1. The number of unbranched alkanes of at least 4 members (excludes halogenated alkanes) is 3. The van der Waals surface area contributed by atoms with Gasteiger partial charge in [0.25, 0.3) is 0 Å². The average Bonchev–Trinajstić information content (AvgIpc) is 3.22. The van der Waals surface area contributed by atoms with Crippen molar-refractivity contribution in [3.8, 4) is 23.0 Å².